The minimum atomic E-state index is -0.539. The lowest BCUT2D eigenvalue weighted by Crippen LogP contribution is -2.57. The molecule has 3 aromatic rings. The molecular formula is C23H24N8O2S. The van der Waals surface area contributed by atoms with Crippen molar-refractivity contribution >= 4 is 40.5 Å². The summed E-state index contributed by atoms with van der Waals surface area (Å²) in [7, 11) is 1.70. The minimum absolute atomic E-state index is 0.0235. The van der Waals surface area contributed by atoms with E-state index in [1.54, 1.807) is 59.6 Å². The van der Waals surface area contributed by atoms with Gasteiger partial charge in [0.25, 0.3) is 0 Å². The summed E-state index contributed by atoms with van der Waals surface area (Å²) in [5.74, 6) is -0.205. The number of carbonyl (C=O) groups is 2. The van der Waals surface area contributed by atoms with Crippen LogP contribution in [0.5, 0.6) is 0 Å². The number of anilines is 1. The fraction of sp³-hybridized carbons (Fsp3) is 0.217. The molecule has 0 radical (unpaired) electrons. The molecule has 1 aliphatic rings. The minimum Gasteiger partial charge on any atom is -0.366 e. The third kappa shape index (κ3) is 4.01. The number of likely N-dealkylation sites (N-methyl/N-ethyl adjacent to an activating group) is 1. The van der Waals surface area contributed by atoms with Crippen molar-refractivity contribution < 1.29 is 9.59 Å². The van der Waals surface area contributed by atoms with E-state index in [9.17, 15) is 9.59 Å². The van der Waals surface area contributed by atoms with E-state index in [-0.39, 0.29) is 11.7 Å². The number of carbonyl (C=O) groups excluding carboxylic acids is 2. The summed E-state index contributed by atoms with van der Waals surface area (Å²) < 4.78 is 0. The Hall–Kier alpha value is -4.12. The van der Waals surface area contributed by atoms with Gasteiger partial charge in [-0.05, 0) is 37.6 Å². The molecule has 1 fully saturated rings. The Morgan fingerprint density at radius 1 is 1.35 bits per heavy atom. The van der Waals surface area contributed by atoms with Crippen LogP contribution in [-0.2, 0) is 4.79 Å². The fourth-order valence-corrected chi connectivity index (χ4v) is 4.54. The molecule has 3 heterocycles. The fourth-order valence-electron chi connectivity index (χ4n) is 3.90. The zero-order chi connectivity index (χ0) is 24.4. The van der Waals surface area contributed by atoms with Gasteiger partial charge < -0.3 is 15.5 Å². The Morgan fingerprint density at radius 2 is 2.09 bits per heavy atom. The summed E-state index contributed by atoms with van der Waals surface area (Å²) in [6.07, 6.45) is 5.53. The van der Waals surface area contributed by atoms with Crippen molar-refractivity contribution in [2.24, 2.45) is 10.7 Å². The molecule has 2 aromatic heterocycles. The van der Waals surface area contributed by atoms with Gasteiger partial charge in [-0.3, -0.25) is 20.1 Å². The molecular weight excluding hydrogens is 452 g/mol. The highest BCUT2D eigenvalue weighted by atomic mass is 32.1. The first kappa shape index (κ1) is 23.1. The highest BCUT2D eigenvalue weighted by Gasteiger charge is 2.39. The molecule has 174 valence electrons. The Kier molecular flexibility index (Phi) is 6.37. The first-order valence-corrected chi connectivity index (χ1v) is 11.5. The maximum absolute atomic E-state index is 13.2. The van der Waals surface area contributed by atoms with E-state index in [1.165, 1.54) is 11.3 Å². The topological polar surface area (TPSA) is 144 Å². The van der Waals surface area contributed by atoms with Crippen LogP contribution in [0.4, 0.5) is 5.69 Å². The quantitative estimate of drug-likeness (QED) is 0.383. The number of thiazole rings is 1. The number of nitrogens with one attached hydrogen (secondary N) is 2. The lowest BCUT2D eigenvalue weighted by Gasteiger charge is -2.42. The number of allylic oxidation sites excluding steroid dienone is 1. The molecule has 1 unspecified atom stereocenters. The van der Waals surface area contributed by atoms with E-state index in [1.807, 2.05) is 19.2 Å². The van der Waals surface area contributed by atoms with E-state index >= 15 is 0 Å². The molecule has 2 amide bonds. The molecule has 10 nitrogen and oxygen atoms in total. The van der Waals surface area contributed by atoms with Gasteiger partial charge in [-0.25, -0.2) is 9.98 Å². The van der Waals surface area contributed by atoms with Gasteiger partial charge in [0, 0.05) is 29.9 Å². The summed E-state index contributed by atoms with van der Waals surface area (Å²) >= 11 is 1.43. The van der Waals surface area contributed by atoms with E-state index in [2.05, 4.69) is 20.2 Å². The molecule has 0 bridgehead atoms. The molecule has 34 heavy (non-hydrogen) atoms. The molecule has 11 heteroatoms. The maximum Gasteiger partial charge on any atom is 0.249 e. The summed E-state index contributed by atoms with van der Waals surface area (Å²) in [6, 6.07) is 6.14. The highest BCUT2D eigenvalue weighted by molar-refractivity contribution is 7.13. The van der Waals surface area contributed by atoms with Crippen LogP contribution in [0.3, 0.4) is 0 Å². The van der Waals surface area contributed by atoms with Gasteiger partial charge in [-0.1, -0.05) is 13.0 Å². The van der Waals surface area contributed by atoms with Crippen molar-refractivity contribution in [1.29, 1.82) is 5.41 Å². The zero-order valence-corrected chi connectivity index (χ0v) is 19.8. The normalized spacial score (nSPS) is 18.7. The van der Waals surface area contributed by atoms with Gasteiger partial charge in [0.05, 0.1) is 17.5 Å². The third-order valence-electron chi connectivity index (χ3n) is 5.59. The zero-order valence-electron chi connectivity index (χ0n) is 18.9. The van der Waals surface area contributed by atoms with Gasteiger partial charge in [0.1, 0.15) is 16.7 Å². The second kappa shape index (κ2) is 9.40. The number of primary amides is 1. The van der Waals surface area contributed by atoms with Crippen LogP contribution >= 0.6 is 11.3 Å². The van der Waals surface area contributed by atoms with Crippen molar-refractivity contribution in [2.75, 3.05) is 11.9 Å². The Labute approximate surface area is 200 Å². The number of rotatable bonds is 5. The molecule has 1 aliphatic heterocycles. The van der Waals surface area contributed by atoms with Crippen LogP contribution in [0.1, 0.15) is 36.2 Å². The Morgan fingerprint density at radius 3 is 2.68 bits per heavy atom. The van der Waals surface area contributed by atoms with E-state index < -0.39 is 11.9 Å². The number of nitrogens with zero attached hydrogens (tertiary/aromatic N) is 5. The number of aromatic amines is 1. The van der Waals surface area contributed by atoms with Gasteiger partial charge in [0.15, 0.2) is 11.7 Å². The predicted molar refractivity (Wildman–Crippen MR) is 132 cm³/mol. The average Bonchev–Trinajstić information content (AvgIpc) is 3.53. The van der Waals surface area contributed by atoms with Gasteiger partial charge in [-0.15, -0.1) is 11.3 Å². The van der Waals surface area contributed by atoms with E-state index in [0.29, 0.717) is 45.5 Å². The van der Waals surface area contributed by atoms with Gasteiger partial charge in [-0.2, -0.15) is 5.10 Å². The van der Waals surface area contributed by atoms with Crippen LogP contribution in [-0.4, -0.2) is 56.7 Å². The lowest BCUT2D eigenvalue weighted by molar-refractivity contribution is -0.129. The van der Waals surface area contributed by atoms with E-state index in [4.69, 9.17) is 11.1 Å². The molecule has 4 rings (SSSR count). The monoisotopic (exact) mass is 476 g/mol. The molecule has 0 spiro atoms. The van der Waals surface area contributed by atoms with Crippen LogP contribution < -0.4 is 10.6 Å². The molecule has 1 atom stereocenters. The number of amidine groups is 2. The molecule has 1 saturated heterocycles. The van der Waals surface area contributed by atoms with Gasteiger partial charge in [0.2, 0.25) is 11.8 Å². The number of nitrogens with two attached hydrogens (primary N) is 1. The number of aromatic nitrogens is 3. The van der Waals surface area contributed by atoms with Gasteiger partial charge >= 0.3 is 0 Å². The maximum atomic E-state index is 13.2. The number of hydrogen-bond donors (Lipinski definition) is 3. The molecule has 0 aliphatic carbocycles. The Balaban J connectivity index is 1.84. The SMILES string of the molecule is CC=C1C(=NC(=N)c2cn[nH]c2-c2nccs2)N(c2ccc(C(N)=O)cc2)C(CC)C(=O)N1C. The summed E-state index contributed by atoms with van der Waals surface area (Å²) in [5, 5.41) is 18.3. The standard InChI is InChI=1S/C23H24N8O2S/c1-4-16-21(28-19(24)15-12-27-29-18(15)22-26-10-11-34-22)31(17(5-2)23(33)30(16)3)14-8-6-13(7-9-14)20(25)32/h4,6-12,17,24H,5H2,1-3H3,(H2,25,32)(H,27,29). The van der Waals surface area contributed by atoms with Crippen molar-refractivity contribution in [3.05, 3.63) is 64.9 Å². The number of aliphatic imine (C=N–C) groups is 1. The molecule has 1 aromatic carbocycles. The van der Waals surface area contributed by atoms with Crippen molar-refractivity contribution in [1.82, 2.24) is 20.1 Å². The third-order valence-corrected chi connectivity index (χ3v) is 6.39. The van der Waals surface area contributed by atoms with Crippen molar-refractivity contribution in [3.8, 4) is 10.7 Å². The number of amides is 2. The number of H-pyrrole nitrogens is 1. The largest absolute Gasteiger partial charge is 0.366 e. The smallest absolute Gasteiger partial charge is 0.249 e. The average molecular weight is 477 g/mol. The first-order chi connectivity index (χ1) is 16.4. The second-order valence-electron chi connectivity index (χ2n) is 7.56. The first-order valence-electron chi connectivity index (χ1n) is 10.6. The summed E-state index contributed by atoms with van der Waals surface area (Å²) in [5.41, 5.74) is 8.09. The predicted octanol–water partition coefficient (Wildman–Crippen LogP) is 3.02. The van der Waals surface area contributed by atoms with Crippen molar-refractivity contribution in [3.63, 3.8) is 0 Å². The summed E-state index contributed by atoms with van der Waals surface area (Å²) in [4.78, 5) is 37.1. The summed E-state index contributed by atoms with van der Waals surface area (Å²) in [6.45, 7) is 3.74. The molecule has 4 N–H and O–H groups in total. The van der Waals surface area contributed by atoms with E-state index in [0.717, 1.165) is 0 Å². The second-order valence-corrected chi connectivity index (χ2v) is 8.45. The lowest BCUT2D eigenvalue weighted by atomic mass is 10.0. The van der Waals surface area contributed by atoms with Crippen LogP contribution in [0.2, 0.25) is 0 Å². The highest BCUT2D eigenvalue weighted by Crippen LogP contribution is 2.30. The number of benzene rings is 1. The number of hydrogen-bond acceptors (Lipinski definition) is 6. The van der Waals surface area contributed by atoms with Crippen LogP contribution in [0, 0.1) is 5.41 Å². The van der Waals surface area contributed by atoms with Crippen LogP contribution in [0.15, 0.2) is 58.8 Å². The van der Waals surface area contributed by atoms with Crippen molar-refractivity contribution in [2.45, 2.75) is 26.3 Å². The van der Waals surface area contributed by atoms with Crippen LogP contribution in [0.25, 0.3) is 10.7 Å². The number of piperazine rings is 1. The Bertz CT molecular complexity index is 1290. The molecule has 0 saturated carbocycles.